The summed E-state index contributed by atoms with van der Waals surface area (Å²) in [5.41, 5.74) is 8.14. The number of alkyl halides is 1. The van der Waals surface area contributed by atoms with E-state index in [1.807, 2.05) is 54.6 Å². The molecule has 2 heteroatoms. The van der Waals surface area contributed by atoms with Crippen molar-refractivity contribution >= 4 is 0 Å². The molecule has 0 bridgehead atoms. The number of benzene rings is 2. The molecule has 0 aromatic heterocycles. The van der Waals surface area contributed by atoms with Crippen molar-refractivity contribution in [3.63, 3.8) is 0 Å². The molecule has 0 aliphatic carbocycles. The molecule has 2 N–H and O–H groups in total. The van der Waals surface area contributed by atoms with Gasteiger partial charge in [0.1, 0.15) is 6.17 Å². The Morgan fingerprint density at radius 2 is 1.59 bits per heavy atom. The van der Waals surface area contributed by atoms with Crippen LogP contribution in [0.2, 0.25) is 0 Å². The Morgan fingerprint density at radius 3 is 2.29 bits per heavy atom. The van der Waals surface area contributed by atoms with Crippen LogP contribution >= 0.6 is 0 Å². The average Bonchev–Trinajstić information content (AvgIpc) is 2.40. The summed E-state index contributed by atoms with van der Waals surface area (Å²) >= 11 is 0. The van der Waals surface area contributed by atoms with E-state index >= 15 is 0 Å². The average molecular weight is 229 g/mol. The van der Waals surface area contributed by atoms with Gasteiger partial charge in [-0.2, -0.15) is 0 Å². The molecule has 0 fully saturated rings. The van der Waals surface area contributed by atoms with Crippen molar-refractivity contribution < 1.29 is 4.39 Å². The second kappa shape index (κ2) is 5.60. The number of rotatable bonds is 4. The summed E-state index contributed by atoms with van der Waals surface area (Å²) in [6.07, 6.45) is -0.625. The molecule has 0 heterocycles. The predicted octanol–water partition coefficient (Wildman–Crippen LogP) is 3.71. The molecule has 0 saturated carbocycles. The third kappa shape index (κ3) is 2.71. The van der Waals surface area contributed by atoms with E-state index in [-0.39, 0.29) is 0 Å². The van der Waals surface area contributed by atoms with Gasteiger partial charge in [-0.1, -0.05) is 54.6 Å². The summed E-state index contributed by atoms with van der Waals surface area (Å²) < 4.78 is 14.0. The summed E-state index contributed by atoms with van der Waals surface area (Å²) in [4.78, 5) is 0. The van der Waals surface area contributed by atoms with Gasteiger partial charge in [-0.15, -0.1) is 0 Å². The molecule has 0 aliphatic rings. The first-order chi connectivity index (χ1) is 8.33. The van der Waals surface area contributed by atoms with Gasteiger partial charge in [-0.05, 0) is 29.7 Å². The van der Waals surface area contributed by atoms with Gasteiger partial charge in [0, 0.05) is 0 Å². The van der Waals surface area contributed by atoms with Crippen LogP contribution in [0.1, 0.15) is 18.2 Å². The van der Waals surface area contributed by atoms with E-state index in [0.717, 1.165) is 16.7 Å². The van der Waals surface area contributed by atoms with Crippen LogP contribution in [-0.4, -0.2) is 6.54 Å². The smallest absolute Gasteiger partial charge is 0.127 e. The molecule has 0 radical (unpaired) electrons. The van der Waals surface area contributed by atoms with Crippen molar-refractivity contribution in [1.29, 1.82) is 0 Å². The van der Waals surface area contributed by atoms with E-state index < -0.39 is 6.17 Å². The standard InChI is InChI=1S/C15H16FN/c16-15(10-11-17)14-9-5-4-8-13(14)12-6-2-1-3-7-12/h1-9,15H,10-11,17H2. The Balaban J connectivity index is 2.41. The molecule has 2 aromatic carbocycles. The molecule has 1 unspecified atom stereocenters. The molecule has 1 nitrogen and oxygen atoms in total. The van der Waals surface area contributed by atoms with Crippen LogP contribution in [0, 0.1) is 0 Å². The zero-order valence-electron chi connectivity index (χ0n) is 9.64. The van der Waals surface area contributed by atoms with E-state index in [2.05, 4.69) is 0 Å². The monoisotopic (exact) mass is 229 g/mol. The van der Waals surface area contributed by atoms with Gasteiger partial charge < -0.3 is 5.73 Å². The van der Waals surface area contributed by atoms with Crippen molar-refractivity contribution in [2.75, 3.05) is 6.54 Å². The minimum Gasteiger partial charge on any atom is -0.330 e. The maximum Gasteiger partial charge on any atom is 0.127 e. The molecule has 1 atom stereocenters. The van der Waals surface area contributed by atoms with Crippen LogP contribution in [0.5, 0.6) is 0 Å². The highest BCUT2D eigenvalue weighted by Gasteiger charge is 2.13. The fourth-order valence-electron chi connectivity index (χ4n) is 1.95. The van der Waals surface area contributed by atoms with Gasteiger partial charge in [-0.25, -0.2) is 4.39 Å². The van der Waals surface area contributed by atoms with Crippen molar-refractivity contribution in [2.45, 2.75) is 12.6 Å². The van der Waals surface area contributed by atoms with Crippen LogP contribution in [-0.2, 0) is 0 Å². The van der Waals surface area contributed by atoms with Gasteiger partial charge in [0.15, 0.2) is 0 Å². The highest BCUT2D eigenvalue weighted by Crippen LogP contribution is 2.31. The lowest BCUT2D eigenvalue weighted by atomic mass is 9.96. The normalized spacial score (nSPS) is 12.4. The third-order valence-electron chi connectivity index (χ3n) is 2.80. The highest BCUT2D eigenvalue weighted by molar-refractivity contribution is 5.67. The quantitative estimate of drug-likeness (QED) is 0.849. The van der Waals surface area contributed by atoms with E-state index in [1.165, 1.54) is 0 Å². The molecule has 88 valence electrons. The summed E-state index contributed by atoms with van der Waals surface area (Å²) in [5.74, 6) is 0. The first kappa shape index (κ1) is 11.8. The second-order valence-electron chi connectivity index (χ2n) is 4.00. The fraction of sp³-hybridized carbons (Fsp3) is 0.200. The minimum atomic E-state index is -0.989. The van der Waals surface area contributed by atoms with Crippen LogP contribution in [0.25, 0.3) is 11.1 Å². The number of halogens is 1. The summed E-state index contributed by atoms with van der Waals surface area (Å²) in [6.45, 7) is 0.365. The molecule has 2 aromatic rings. The maximum atomic E-state index is 14.0. The number of hydrogen-bond acceptors (Lipinski definition) is 1. The maximum absolute atomic E-state index is 14.0. The van der Waals surface area contributed by atoms with E-state index in [9.17, 15) is 4.39 Å². The van der Waals surface area contributed by atoms with Crippen molar-refractivity contribution in [1.82, 2.24) is 0 Å². The molecular formula is C15H16FN. The third-order valence-corrected chi connectivity index (χ3v) is 2.80. The van der Waals surface area contributed by atoms with Crippen LogP contribution < -0.4 is 5.73 Å². The zero-order valence-corrected chi connectivity index (χ0v) is 9.64. The van der Waals surface area contributed by atoms with Gasteiger partial charge in [-0.3, -0.25) is 0 Å². The lowest BCUT2D eigenvalue weighted by molar-refractivity contribution is 0.328. The topological polar surface area (TPSA) is 26.0 Å². The molecule has 0 aliphatic heterocycles. The lowest BCUT2D eigenvalue weighted by Crippen LogP contribution is -2.04. The molecular weight excluding hydrogens is 213 g/mol. The second-order valence-corrected chi connectivity index (χ2v) is 4.00. The van der Waals surface area contributed by atoms with Crippen molar-refractivity contribution in [3.8, 4) is 11.1 Å². The highest BCUT2D eigenvalue weighted by atomic mass is 19.1. The summed E-state index contributed by atoms with van der Waals surface area (Å²) in [6, 6.07) is 17.5. The van der Waals surface area contributed by atoms with Gasteiger partial charge in [0.05, 0.1) is 0 Å². The zero-order chi connectivity index (χ0) is 12.1. The first-order valence-electron chi connectivity index (χ1n) is 5.81. The predicted molar refractivity (Wildman–Crippen MR) is 69.4 cm³/mol. The Bertz CT molecular complexity index is 467. The first-order valence-corrected chi connectivity index (χ1v) is 5.81. The Morgan fingerprint density at radius 1 is 0.941 bits per heavy atom. The van der Waals surface area contributed by atoms with E-state index in [4.69, 9.17) is 5.73 Å². The largest absolute Gasteiger partial charge is 0.330 e. The van der Waals surface area contributed by atoms with Crippen molar-refractivity contribution in [2.24, 2.45) is 5.73 Å². The van der Waals surface area contributed by atoms with E-state index in [0.29, 0.717) is 13.0 Å². The molecule has 2 rings (SSSR count). The van der Waals surface area contributed by atoms with Crippen LogP contribution in [0.15, 0.2) is 54.6 Å². The van der Waals surface area contributed by atoms with Gasteiger partial charge in [0.25, 0.3) is 0 Å². The van der Waals surface area contributed by atoms with Crippen LogP contribution in [0.3, 0.4) is 0 Å². The number of hydrogen-bond donors (Lipinski definition) is 1. The van der Waals surface area contributed by atoms with Crippen molar-refractivity contribution in [3.05, 3.63) is 60.2 Å². The lowest BCUT2D eigenvalue weighted by Gasteiger charge is -2.13. The minimum absolute atomic E-state index is 0.365. The van der Waals surface area contributed by atoms with Crippen LogP contribution in [0.4, 0.5) is 4.39 Å². The molecule has 0 spiro atoms. The Labute approximate surface area is 101 Å². The summed E-state index contributed by atoms with van der Waals surface area (Å²) in [5, 5.41) is 0. The van der Waals surface area contributed by atoms with Gasteiger partial charge in [0.2, 0.25) is 0 Å². The molecule has 0 amide bonds. The SMILES string of the molecule is NCCC(F)c1ccccc1-c1ccccc1. The van der Waals surface area contributed by atoms with Gasteiger partial charge >= 0.3 is 0 Å². The fourth-order valence-corrected chi connectivity index (χ4v) is 1.95. The number of nitrogens with two attached hydrogens (primary N) is 1. The molecule has 0 saturated heterocycles. The summed E-state index contributed by atoms with van der Waals surface area (Å²) in [7, 11) is 0. The Kier molecular flexibility index (Phi) is 3.89. The molecule has 17 heavy (non-hydrogen) atoms. The Hall–Kier alpha value is -1.67. The van der Waals surface area contributed by atoms with E-state index in [1.54, 1.807) is 0 Å².